The monoisotopic (exact) mass is 1100 g/mol. The first-order valence-corrected chi connectivity index (χ1v) is 28.2. The molecule has 3 aliphatic heterocycles. The number of thiazole rings is 1. The van der Waals surface area contributed by atoms with Gasteiger partial charge in [-0.05, 0) is 150 Å². The number of pyridine rings is 1. The van der Waals surface area contributed by atoms with Crippen molar-refractivity contribution in [3.8, 4) is 16.9 Å². The van der Waals surface area contributed by atoms with Crippen LogP contribution in [-0.2, 0) is 40.5 Å². The van der Waals surface area contributed by atoms with E-state index in [9.17, 15) is 19.2 Å². The van der Waals surface area contributed by atoms with Gasteiger partial charge in [0.25, 0.3) is 5.91 Å². The minimum atomic E-state index is -4.84. The van der Waals surface area contributed by atoms with Gasteiger partial charge >= 0.3 is 12.1 Å². The number of aromatic nitrogens is 4. The number of carbonyl (C=O) groups is 4. The average Bonchev–Trinajstić information content (AvgIpc) is 4.14. The third-order valence-corrected chi connectivity index (χ3v) is 16.7. The van der Waals surface area contributed by atoms with Gasteiger partial charge in [0.15, 0.2) is 10.8 Å². The lowest BCUT2D eigenvalue weighted by molar-refractivity contribution is -0.139. The van der Waals surface area contributed by atoms with Crippen LogP contribution in [0, 0.1) is 5.92 Å². The minimum absolute atomic E-state index is 0.0255. The van der Waals surface area contributed by atoms with Gasteiger partial charge in [0.05, 0.1) is 33.4 Å². The van der Waals surface area contributed by atoms with Gasteiger partial charge in [-0.15, -0.1) is 0 Å². The number of anilines is 3. The number of rotatable bonds is 13. The average molecular weight is 1100 g/mol. The number of nitrogens with one attached hydrogen (secondary N) is 2. The molecule has 0 bridgehead atoms. The van der Waals surface area contributed by atoms with Crippen LogP contribution in [0.2, 0.25) is 0 Å². The van der Waals surface area contributed by atoms with E-state index < -0.39 is 35.3 Å². The first-order chi connectivity index (χ1) is 37.9. The zero-order valence-electron chi connectivity index (χ0n) is 44.8. The molecule has 7 aromatic rings. The summed E-state index contributed by atoms with van der Waals surface area (Å²) in [6.07, 6.45) is 1.10. The van der Waals surface area contributed by atoms with Crippen LogP contribution in [0.4, 0.5) is 29.8 Å². The van der Waals surface area contributed by atoms with Gasteiger partial charge in [-0.1, -0.05) is 47.7 Å². The molecule has 4 aliphatic rings. The number of piperazine rings is 1. The molecule has 19 heteroatoms. The summed E-state index contributed by atoms with van der Waals surface area (Å²) in [6.45, 7) is 10.4. The van der Waals surface area contributed by atoms with Gasteiger partial charge in [0.2, 0.25) is 11.8 Å². The molecule has 0 spiro atoms. The van der Waals surface area contributed by atoms with Crippen molar-refractivity contribution in [3.63, 3.8) is 0 Å². The van der Waals surface area contributed by atoms with Crippen LogP contribution in [0.3, 0.4) is 0 Å². The summed E-state index contributed by atoms with van der Waals surface area (Å²) in [5.74, 6) is -1.63. The van der Waals surface area contributed by atoms with Crippen molar-refractivity contribution in [3.05, 3.63) is 125 Å². The molecule has 6 heterocycles. The van der Waals surface area contributed by atoms with E-state index in [2.05, 4.69) is 37.6 Å². The molecule has 1 unspecified atom stereocenters. The third kappa shape index (κ3) is 11.7. The van der Waals surface area contributed by atoms with Crippen LogP contribution in [-0.4, -0.2) is 99.3 Å². The fraction of sp³-hybridized carbons (Fsp3) is 0.417. The Bertz CT molecular complexity index is 3430. The first kappa shape index (κ1) is 53.6. The van der Waals surface area contributed by atoms with Crippen molar-refractivity contribution in [2.24, 2.45) is 13.0 Å². The number of halogens is 3. The molecule has 4 aromatic carbocycles. The number of aryl methyl sites for hydroxylation is 1. The highest BCUT2D eigenvalue weighted by Crippen LogP contribution is 2.46. The Morgan fingerprint density at radius 1 is 0.823 bits per heavy atom. The first-order valence-electron chi connectivity index (χ1n) is 27.3. The fourth-order valence-electron chi connectivity index (χ4n) is 11.8. The highest BCUT2D eigenvalue weighted by molar-refractivity contribution is 7.22. The lowest BCUT2D eigenvalue weighted by atomic mass is 9.84. The molecule has 3 amide bonds. The van der Waals surface area contributed by atoms with Crippen LogP contribution in [0.5, 0.6) is 5.75 Å². The lowest BCUT2D eigenvalue weighted by Crippen LogP contribution is -2.46. The van der Waals surface area contributed by atoms with E-state index in [1.807, 2.05) is 59.1 Å². The third-order valence-electron chi connectivity index (χ3n) is 15.8. The summed E-state index contributed by atoms with van der Waals surface area (Å²) in [6, 6.07) is 26.9. The number of benzene rings is 4. The van der Waals surface area contributed by atoms with Crippen molar-refractivity contribution in [1.82, 2.24) is 30.0 Å². The van der Waals surface area contributed by atoms with Crippen LogP contribution in [0.15, 0.2) is 91.0 Å². The molecule has 15 nitrogen and oxygen atoms in total. The second-order valence-corrected chi connectivity index (χ2v) is 23.3. The van der Waals surface area contributed by atoms with E-state index in [4.69, 9.17) is 19.6 Å². The summed E-state index contributed by atoms with van der Waals surface area (Å²) < 4.78 is 61.3. The maximum atomic E-state index is 15.5. The van der Waals surface area contributed by atoms with E-state index in [0.717, 1.165) is 96.3 Å². The zero-order chi connectivity index (χ0) is 55.2. The number of imide groups is 1. The maximum Gasteiger partial charge on any atom is 0.420 e. The number of alkyl halides is 3. The maximum absolute atomic E-state index is 15.5. The number of fused-ring (bicyclic) bond motifs is 3. The Balaban J connectivity index is 0.722. The molecule has 2 saturated heterocycles. The van der Waals surface area contributed by atoms with Crippen LogP contribution in [0.1, 0.15) is 121 Å². The molecule has 1 saturated carbocycles. The second-order valence-electron chi connectivity index (χ2n) is 22.2. The predicted octanol–water partition coefficient (Wildman–Crippen LogP) is 11.1. The predicted molar refractivity (Wildman–Crippen MR) is 299 cm³/mol. The summed E-state index contributed by atoms with van der Waals surface area (Å²) in [5.41, 5.74) is 3.34. The smallest absolute Gasteiger partial charge is 0.420 e. The molecule has 1 atom stereocenters. The quantitative estimate of drug-likeness (QED) is 0.0831. The van der Waals surface area contributed by atoms with Crippen molar-refractivity contribution in [1.29, 1.82) is 0 Å². The molecule has 1 aliphatic carbocycles. The number of carbonyl (C=O) groups excluding carboxylic acids is 4. The normalized spacial score (nSPS) is 19.4. The van der Waals surface area contributed by atoms with Crippen LogP contribution < -0.4 is 25.2 Å². The summed E-state index contributed by atoms with van der Waals surface area (Å²) >= 11 is 1.38. The molecular weight excluding hydrogens is 1030 g/mol. The molecule has 412 valence electrons. The second kappa shape index (κ2) is 22.0. The molecule has 0 radical (unpaired) electrons. The van der Waals surface area contributed by atoms with E-state index in [1.54, 1.807) is 32.9 Å². The minimum Gasteiger partial charge on any atom is -0.490 e. The van der Waals surface area contributed by atoms with Gasteiger partial charge in [0.1, 0.15) is 22.7 Å². The van der Waals surface area contributed by atoms with Crippen molar-refractivity contribution in [2.75, 3.05) is 54.4 Å². The number of piperidine rings is 1. The van der Waals surface area contributed by atoms with Gasteiger partial charge in [0, 0.05) is 80.5 Å². The zero-order valence-corrected chi connectivity index (χ0v) is 45.6. The highest BCUT2D eigenvalue weighted by Gasteiger charge is 2.40. The van der Waals surface area contributed by atoms with Gasteiger partial charge in [-0.3, -0.25) is 34.6 Å². The van der Waals surface area contributed by atoms with Crippen molar-refractivity contribution >= 4 is 72.8 Å². The van der Waals surface area contributed by atoms with E-state index >= 15 is 13.2 Å². The van der Waals surface area contributed by atoms with Gasteiger partial charge < -0.3 is 19.3 Å². The van der Waals surface area contributed by atoms with Gasteiger partial charge in [-0.25, -0.2) is 14.8 Å². The topological polar surface area (TPSA) is 164 Å². The molecule has 3 fully saturated rings. The Hall–Kier alpha value is -7.38. The molecule has 11 rings (SSSR count). The van der Waals surface area contributed by atoms with Crippen molar-refractivity contribution in [2.45, 2.75) is 109 Å². The Morgan fingerprint density at radius 3 is 2.37 bits per heavy atom. The summed E-state index contributed by atoms with van der Waals surface area (Å²) in [5, 5.41) is 11.5. The number of esters is 1. The van der Waals surface area contributed by atoms with Crippen LogP contribution in [0.25, 0.3) is 32.2 Å². The molecule has 3 aromatic heterocycles. The number of hydrogen-bond donors (Lipinski definition) is 2. The standard InChI is InChI=1S/C60H64F3N9O6S/c1-59(2,3)78-57(76)54-41(23-25-50(65-54)72-29-27-37-11-7-13-42(45(37)35-72)55(74)67-58-64-46-14-5-6-16-49(46)79-58)40-12-8-15-48(52(40)60(61,62)63)77-39-20-17-36(18-21-39)10-9-28-70-30-32-71(33-31-70)38-19-22-43-47(34-38)69(4)68-53(43)44-24-26-51(73)66-56(44)75/h5-8,11-16,19,22-23,25,34,36,39,44H,9-10,17-18,20-21,24,26-33,35H2,1-4H3,(H,64,67,74)(H,66,73,75)/t36-,39-,44?. The van der Waals surface area contributed by atoms with E-state index in [0.29, 0.717) is 66.8 Å². The van der Waals surface area contributed by atoms with Crippen LogP contribution >= 0.6 is 11.3 Å². The van der Waals surface area contributed by atoms with E-state index in [1.165, 1.54) is 35.6 Å². The largest absolute Gasteiger partial charge is 0.490 e. The Kier molecular flexibility index (Phi) is 15.0. The summed E-state index contributed by atoms with van der Waals surface area (Å²) in [4.78, 5) is 68.4. The number of ether oxygens (including phenoxy) is 2. The van der Waals surface area contributed by atoms with Crippen molar-refractivity contribution < 1.29 is 41.8 Å². The molecule has 2 N–H and O–H groups in total. The SMILES string of the molecule is Cn1nc(C2CCC(=O)NC2=O)c2ccc(N3CCN(CCC[C@H]4CC[C@H](Oc5cccc(-c6ccc(N7CCc8cccc(C(=O)Nc9nc%10ccccc%10s9)c8C7)nc6C(=O)OC(C)(C)C)c5C(F)(F)F)CC4)CC3)cc21. The van der Waals surface area contributed by atoms with Gasteiger partial charge in [-0.2, -0.15) is 18.3 Å². The molecule has 79 heavy (non-hydrogen) atoms. The number of nitrogens with zero attached hydrogens (tertiary/aromatic N) is 7. The highest BCUT2D eigenvalue weighted by atomic mass is 32.1. The number of amides is 3. The number of hydrogen-bond acceptors (Lipinski definition) is 13. The molecular formula is C60H64F3N9O6S. The summed E-state index contributed by atoms with van der Waals surface area (Å²) in [7, 11) is 1.88. The van der Waals surface area contributed by atoms with E-state index in [-0.39, 0.29) is 46.8 Å². The fourth-order valence-corrected chi connectivity index (χ4v) is 12.6. The Labute approximate surface area is 460 Å². The number of para-hydroxylation sites is 1. The lowest BCUT2D eigenvalue weighted by Gasteiger charge is -2.36. The Morgan fingerprint density at radius 2 is 1.61 bits per heavy atom.